The highest BCUT2D eigenvalue weighted by Crippen LogP contribution is 2.29. The van der Waals surface area contributed by atoms with Gasteiger partial charge in [-0.1, -0.05) is 0 Å². The second kappa shape index (κ2) is 5.34. The molecule has 1 fully saturated rings. The number of hydrogen-bond donors (Lipinski definition) is 2. The first-order valence-electron chi connectivity index (χ1n) is 5.74. The van der Waals surface area contributed by atoms with E-state index in [1.54, 1.807) is 5.38 Å². The van der Waals surface area contributed by atoms with Crippen LogP contribution in [0.15, 0.2) is 5.38 Å². The molecule has 0 saturated heterocycles. The molecule has 7 heteroatoms. The molecule has 3 N–H and O–H groups in total. The van der Waals surface area contributed by atoms with Crippen LogP contribution in [0.25, 0.3) is 0 Å². The fourth-order valence-corrected chi connectivity index (χ4v) is 2.26. The molecule has 6 nitrogen and oxygen atoms in total. The summed E-state index contributed by atoms with van der Waals surface area (Å²) in [5.41, 5.74) is 6.10. The van der Waals surface area contributed by atoms with Gasteiger partial charge in [-0.25, -0.2) is 4.98 Å². The first-order valence-corrected chi connectivity index (χ1v) is 6.62. The van der Waals surface area contributed by atoms with Gasteiger partial charge < -0.3 is 15.7 Å². The highest BCUT2D eigenvalue weighted by molar-refractivity contribution is 7.13. The van der Waals surface area contributed by atoms with Crippen LogP contribution in [-0.4, -0.2) is 40.0 Å². The van der Waals surface area contributed by atoms with Crippen molar-refractivity contribution in [2.24, 2.45) is 5.92 Å². The number of nitrogens with two attached hydrogens (primary N) is 1. The Labute approximate surface area is 108 Å². The van der Waals surface area contributed by atoms with Crippen molar-refractivity contribution in [3.63, 3.8) is 0 Å². The Balaban J connectivity index is 1.95. The minimum absolute atomic E-state index is 0.119. The summed E-state index contributed by atoms with van der Waals surface area (Å²) in [4.78, 5) is 28.2. The van der Waals surface area contributed by atoms with Gasteiger partial charge in [0.25, 0.3) is 0 Å². The van der Waals surface area contributed by atoms with E-state index in [4.69, 9.17) is 10.8 Å². The van der Waals surface area contributed by atoms with Gasteiger partial charge in [0.05, 0.1) is 12.1 Å². The minimum Gasteiger partial charge on any atom is -0.480 e. The third-order valence-electron chi connectivity index (χ3n) is 2.76. The largest absolute Gasteiger partial charge is 0.480 e. The van der Waals surface area contributed by atoms with Crippen molar-refractivity contribution >= 4 is 28.3 Å². The van der Waals surface area contributed by atoms with Crippen LogP contribution in [0.4, 0.5) is 5.13 Å². The van der Waals surface area contributed by atoms with Gasteiger partial charge in [0, 0.05) is 11.9 Å². The van der Waals surface area contributed by atoms with E-state index in [-0.39, 0.29) is 18.9 Å². The zero-order valence-electron chi connectivity index (χ0n) is 9.83. The van der Waals surface area contributed by atoms with Gasteiger partial charge in [-0.2, -0.15) is 0 Å². The summed E-state index contributed by atoms with van der Waals surface area (Å²) in [6, 6.07) is 0. The molecule has 0 radical (unpaired) electrons. The topological polar surface area (TPSA) is 96.5 Å². The van der Waals surface area contributed by atoms with Crippen LogP contribution in [-0.2, 0) is 16.0 Å². The lowest BCUT2D eigenvalue weighted by Crippen LogP contribution is -2.38. The molecular weight excluding hydrogens is 254 g/mol. The van der Waals surface area contributed by atoms with E-state index in [2.05, 4.69) is 4.98 Å². The van der Waals surface area contributed by atoms with E-state index in [1.807, 2.05) is 0 Å². The summed E-state index contributed by atoms with van der Waals surface area (Å²) in [6.07, 6.45) is 2.27. The fraction of sp³-hybridized carbons (Fsp3) is 0.545. The van der Waals surface area contributed by atoms with Crippen LogP contribution >= 0.6 is 11.3 Å². The molecule has 18 heavy (non-hydrogen) atoms. The van der Waals surface area contributed by atoms with Gasteiger partial charge in [-0.15, -0.1) is 11.3 Å². The number of rotatable bonds is 6. The first-order chi connectivity index (χ1) is 8.54. The van der Waals surface area contributed by atoms with E-state index in [9.17, 15) is 9.59 Å². The lowest BCUT2D eigenvalue weighted by atomic mass is 10.2. The second-order valence-electron chi connectivity index (χ2n) is 4.47. The number of anilines is 1. The second-order valence-corrected chi connectivity index (χ2v) is 5.35. The number of carbonyl (C=O) groups excluding carboxylic acids is 1. The predicted octanol–water partition coefficient (Wildman–Crippen LogP) is 0.591. The number of carbonyl (C=O) groups is 2. The molecule has 1 aliphatic carbocycles. The van der Waals surface area contributed by atoms with Crippen molar-refractivity contribution in [2.75, 3.05) is 18.8 Å². The van der Waals surface area contributed by atoms with Gasteiger partial charge in [0.1, 0.15) is 6.54 Å². The Morgan fingerprint density at radius 2 is 2.28 bits per heavy atom. The van der Waals surface area contributed by atoms with Crippen molar-refractivity contribution in [1.29, 1.82) is 0 Å². The molecule has 1 saturated carbocycles. The summed E-state index contributed by atoms with van der Waals surface area (Å²) in [7, 11) is 0. The van der Waals surface area contributed by atoms with E-state index in [1.165, 1.54) is 16.2 Å². The van der Waals surface area contributed by atoms with Crippen molar-refractivity contribution in [3.8, 4) is 0 Å². The van der Waals surface area contributed by atoms with Gasteiger partial charge in [-0.3, -0.25) is 9.59 Å². The Morgan fingerprint density at radius 3 is 2.78 bits per heavy atom. The maximum absolute atomic E-state index is 12.0. The molecule has 0 aliphatic heterocycles. The van der Waals surface area contributed by atoms with Crippen molar-refractivity contribution in [2.45, 2.75) is 19.3 Å². The number of aliphatic carboxylic acids is 1. The smallest absolute Gasteiger partial charge is 0.323 e. The minimum atomic E-state index is -0.984. The summed E-state index contributed by atoms with van der Waals surface area (Å²) >= 11 is 1.28. The summed E-state index contributed by atoms with van der Waals surface area (Å²) in [5, 5.41) is 11.0. The number of carboxylic acid groups (broad SMARTS) is 1. The molecular formula is C11H15N3O3S. The highest BCUT2D eigenvalue weighted by atomic mass is 32.1. The Morgan fingerprint density at radius 1 is 1.56 bits per heavy atom. The van der Waals surface area contributed by atoms with Crippen molar-refractivity contribution in [3.05, 3.63) is 11.1 Å². The van der Waals surface area contributed by atoms with Gasteiger partial charge in [-0.05, 0) is 18.8 Å². The maximum atomic E-state index is 12.0. The zero-order valence-corrected chi connectivity index (χ0v) is 10.7. The number of nitrogens with zero attached hydrogens (tertiary/aromatic N) is 2. The first kappa shape index (κ1) is 12.8. The third-order valence-corrected chi connectivity index (χ3v) is 3.48. The molecule has 1 amide bonds. The van der Waals surface area contributed by atoms with Gasteiger partial charge >= 0.3 is 5.97 Å². The average Bonchev–Trinajstić information content (AvgIpc) is 3.00. The average molecular weight is 269 g/mol. The van der Waals surface area contributed by atoms with Crippen LogP contribution < -0.4 is 5.73 Å². The number of nitrogen functional groups attached to an aromatic ring is 1. The van der Waals surface area contributed by atoms with Crippen LogP contribution in [0.5, 0.6) is 0 Å². The normalized spacial score (nSPS) is 14.4. The lowest BCUT2D eigenvalue weighted by Gasteiger charge is -2.20. The summed E-state index contributed by atoms with van der Waals surface area (Å²) in [5.74, 6) is -0.717. The van der Waals surface area contributed by atoms with Gasteiger partial charge in [0.15, 0.2) is 5.13 Å². The van der Waals surface area contributed by atoms with E-state index < -0.39 is 5.97 Å². The van der Waals surface area contributed by atoms with E-state index in [0.717, 1.165) is 12.8 Å². The molecule has 0 spiro atoms. The van der Waals surface area contributed by atoms with Crippen molar-refractivity contribution in [1.82, 2.24) is 9.88 Å². The molecule has 0 atom stereocenters. The molecule has 1 heterocycles. The Hall–Kier alpha value is -1.63. The molecule has 1 aliphatic rings. The number of aromatic nitrogens is 1. The fourth-order valence-electron chi connectivity index (χ4n) is 1.70. The van der Waals surface area contributed by atoms with Crippen LogP contribution in [0, 0.1) is 5.92 Å². The highest BCUT2D eigenvalue weighted by Gasteiger charge is 2.28. The number of hydrogen-bond acceptors (Lipinski definition) is 5. The molecule has 0 aromatic carbocycles. The molecule has 98 valence electrons. The number of thiazole rings is 1. The molecule has 2 rings (SSSR count). The zero-order chi connectivity index (χ0) is 13.1. The van der Waals surface area contributed by atoms with E-state index in [0.29, 0.717) is 23.3 Å². The molecule has 1 aromatic rings. The maximum Gasteiger partial charge on any atom is 0.323 e. The van der Waals surface area contributed by atoms with Crippen LogP contribution in [0.1, 0.15) is 18.5 Å². The van der Waals surface area contributed by atoms with Crippen LogP contribution in [0.2, 0.25) is 0 Å². The quantitative estimate of drug-likeness (QED) is 0.788. The van der Waals surface area contributed by atoms with Gasteiger partial charge in [0.2, 0.25) is 5.91 Å². The Kier molecular flexibility index (Phi) is 3.81. The predicted molar refractivity (Wildman–Crippen MR) is 67.2 cm³/mol. The molecule has 0 bridgehead atoms. The van der Waals surface area contributed by atoms with Crippen molar-refractivity contribution < 1.29 is 14.7 Å². The van der Waals surface area contributed by atoms with E-state index >= 15 is 0 Å². The lowest BCUT2D eigenvalue weighted by molar-refractivity contribution is -0.144. The summed E-state index contributed by atoms with van der Waals surface area (Å²) < 4.78 is 0. The van der Waals surface area contributed by atoms with Crippen LogP contribution in [0.3, 0.4) is 0 Å². The number of carboxylic acids is 1. The number of amides is 1. The monoisotopic (exact) mass is 269 g/mol. The molecule has 0 unspecified atom stereocenters. The Bertz CT molecular complexity index is 456. The molecule has 1 aromatic heterocycles. The summed E-state index contributed by atoms with van der Waals surface area (Å²) in [6.45, 7) is 0.291. The SMILES string of the molecule is Nc1nc(CC(=O)N(CC(=O)O)CC2CC2)cs1. The third kappa shape index (κ3) is 3.69. The standard InChI is InChI=1S/C11H15N3O3S/c12-11-13-8(6-18-11)3-9(15)14(5-10(16)17)4-7-1-2-7/h6-7H,1-5H2,(H2,12,13)(H,16,17).